The molecule has 7 heteroatoms. The van der Waals surface area contributed by atoms with E-state index in [1.807, 2.05) is 20.0 Å². The van der Waals surface area contributed by atoms with Gasteiger partial charge in [0, 0.05) is 77.1 Å². The average molecular weight is 348 g/mol. The van der Waals surface area contributed by atoms with Crippen LogP contribution in [0.15, 0.2) is 6.07 Å². The highest BCUT2D eigenvalue weighted by molar-refractivity contribution is 5.44. The predicted octanol–water partition coefficient (Wildman–Crippen LogP) is 0.509. The molecule has 0 spiro atoms. The third-order valence-corrected chi connectivity index (χ3v) is 5.60. The van der Waals surface area contributed by atoms with E-state index in [-0.39, 0.29) is 6.61 Å². The molecule has 2 aliphatic rings. The monoisotopic (exact) mass is 348 g/mol. The fraction of sp³-hybridized carbons (Fsp3) is 0.778. The average Bonchev–Trinajstić information content (AvgIpc) is 3.04. The Morgan fingerprint density at radius 1 is 1.12 bits per heavy atom. The second-order valence-corrected chi connectivity index (χ2v) is 7.29. The van der Waals surface area contributed by atoms with Crippen LogP contribution in [-0.4, -0.2) is 90.9 Å². The summed E-state index contributed by atoms with van der Waals surface area (Å²) in [4.78, 5) is 16.5. The number of nitrogens with one attached hydrogen (secondary N) is 1. The number of hydrogen-bond acceptors (Lipinski definition) is 7. The summed E-state index contributed by atoms with van der Waals surface area (Å²) in [7, 11) is 1.88. The van der Waals surface area contributed by atoms with Crippen molar-refractivity contribution in [3.8, 4) is 0 Å². The van der Waals surface area contributed by atoms with Crippen LogP contribution in [0.1, 0.15) is 12.6 Å². The van der Waals surface area contributed by atoms with Gasteiger partial charge in [-0.1, -0.05) is 6.92 Å². The molecule has 2 saturated heterocycles. The van der Waals surface area contributed by atoms with E-state index in [4.69, 9.17) is 0 Å². The van der Waals surface area contributed by atoms with Crippen LogP contribution in [0, 0.1) is 18.8 Å². The Hall–Kier alpha value is -1.44. The molecule has 0 bridgehead atoms. The summed E-state index contributed by atoms with van der Waals surface area (Å²) >= 11 is 0. The summed E-state index contributed by atoms with van der Waals surface area (Å²) in [6.45, 7) is 13.0. The Morgan fingerprint density at radius 3 is 2.44 bits per heavy atom. The summed E-state index contributed by atoms with van der Waals surface area (Å²) in [6, 6.07) is 1.95. The maximum absolute atomic E-state index is 9.86. The van der Waals surface area contributed by atoms with E-state index >= 15 is 0 Å². The molecule has 0 radical (unpaired) electrons. The molecule has 0 aromatic carbocycles. The van der Waals surface area contributed by atoms with Gasteiger partial charge in [0.1, 0.15) is 5.82 Å². The zero-order valence-corrected chi connectivity index (χ0v) is 15.8. The van der Waals surface area contributed by atoms with E-state index in [0.717, 1.165) is 69.8 Å². The normalized spacial score (nSPS) is 25.5. The maximum atomic E-state index is 9.86. The van der Waals surface area contributed by atoms with Crippen LogP contribution in [0.25, 0.3) is 0 Å². The van der Waals surface area contributed by atoms with Crippen molar-refractivity contribution in [3.63, 3.8) is 0 Å². The molecule has 7 nitrogen and oxygen atoms in total. The Labute approximate surface area is 151 Å². The lowest BCUT2D eigenvalue weighted by molar-refractivity contribution is 0.106. The first kappa shape index (κ1) is 18.4. The van der Waals surface area contributed by atoms with Crippen molar-refractivity contribution < 1.29 is 5.11 Å². The van der Waals surface area contributed by atoms with Gasteiger partial charge in [-0.25, -0.2) is 4.98 Å². The topological polar surface area (TPSA) is 67.8 Å². The van der Waals surface area contributed by atoms with Gasteiger partial charge in [-0.05, 0) is 19.4 Å². The second kappa shape index (κ2) is 8.29. The number of piperazine rings is 1. The smallest absolute Gasteiger partial charge is 0.227 e. The first-order chi connectivity index (χ1) is 12.1. The van der Waals surface area contributed by atoms with Gasteiger partial charge in [0.2, 0.25) is 5.95 Å². The third-order valence-electron chi connectivity index (χ3n) is 5.60. The number of aromatic nitrogens is 2. The van der Waals surface area contributed by atoms with Crippen molar-refractivity contribution in [2.45, 2.75) is 13.8 Å². The van der Waals surface area contributed by atoms with Gasteiger partial charge in [0.15, 0.2) is 0 Å². The number of hydrogen-bond donors (Lipinski definition) is 2. The van der Waals surface area contributed by atoms with Crippen molar-refractivity contribution in [1.29, 1.82) is 0 Å². The molecular formula is C18H32N6O. The molecule has 3 rings (SSSR count). The lowest BCUT2D eigenvalue weighted by atomic mass is 9.96. The summed E-state index contributed by atoms with van der Waals surface area (Å²) in [5.41, 5.74) is 0.967. The van der Waals surface area contributed by atoms with Gasteiger partial charge in [0.25, 0.3) is 0 Å². The minimum Gasteiger partial charge on any atom is -0.396 e. The molecule has 140 valence electrons. The van der Waals surface area contributed by atoms with Gasteiger partial charge in [-0.2, -0.15) is 4.98 Å². The number of anilines is 2. The van der Waals surface area contributed by atoms with Crippen molar-refractivity contribution in [2.24, 2.45) is 11.8 Å². The number of nitrogens with zero attached hydrogens (tertiary/aromatic N) is 5. The summed E-state index contributed by atoms with van der Waals surface area (Å²) in [6.07, 6.45) is 0. The zero-order valence-electron chi connectivity index (χ0n) is 15.8. The minimum atomic E-state index is 0.237. The van der Waals surface area contributed by atoms with Crippen molar-refractivity contribution in [2.75, 3.05) is 76.2 Å². The fourth-order valence-corrected chi connectivity index (χ4v) is 3.96. The highest BCUT2D eigenvalue weighted by Crippen LogP contribution is 2.28. The summed E-state index contributed by atoms with van der Waals surface area (Å²) in [5, 5.41) is 13.0. The molecule has 1 aromatic rings. The van der Waals surface area contributed by atoms with Crippen LogP contribution >= 0.6 is 0 Å². The molecule has 25 heavy (non-hydrogen) atoms. The summed E-state index contributed by atoms with van der Waals surface area (Å²) in [5.74, 6) is 2.40. The minimum absolute atomic E-state index is 0.237. The van der Waals surface area contributed by atoms with E-state index < -0.39 is 0 Å². The van der Waals surface area contributed by atoms with Crippen molar-refractivity contribution in [3.05, 3.63) is 11.8 Å². The van der Waals surface area contributed by atoms with Gasteiger partial charge in [-0.15, -0.1) is 0 Å². The zero-order chi connectivity index (χ0) is 17.8. The Balaban J connectivity index is 1.63. The van der Waals surface area contributed by atoms with E-state index in [0.29, 0.717) is 11.8 Å². The van der Waals surface area contributed by atoms with Gasteiger partial charge in [-0.3, -0.25) is 0 Å². The number of likely N-dealkylation sites (N-methyl/N-ethyl adjacent to an activating group) is 1. The SMILES string of the molecule is CCN1CCN(C[C@@H]2CN(c3nc(C)cc(NC)n3)C[C@@H]2CO)CC1. The Kier molecular flexibility index (Phi) is 6.09. The highest BCUT2D eigenvalue weighted by atomic mass is 16.3. The Bertz CT molecular complexity index is 560. The lowest BCUT2D eigenvalue weighted by Crippen LogP contribution is -2.48. The standard InChI is InChI=1S/C18H32N6O/c1-4-22-5-7-23(8-6-22)10-15-11-24(12-16(15)13-25)18-20-14(2)9-17(19-3)21-18/h9,15-16,25H,4-8,10-13H2,1-3H3,(H,19,20,21)/t15-,16-/m1/s1. The van der Waals surface area contributed by atoms with E-state index in [9.17, 15) is 5.11 Å². The Morgan fingerprint density at radius 2 is 1.80 bits per heavy atom. The number of rotatable bonds is 6. The molecule has 0 saturated carbocycles. The van der Waals surface area contributed by atoms with Crippen LogP contribution in [0.5, 0.6) is 0 Å². The van der Waals surface area contributed by atoms with E-state index in [1.54, 1.807) is 0 Å². The quantitative estimate of drug-likeness (QED) is 0.776. The molecule has 0 unspecified atom stereocenters. The fourth-order valence-electron chi connectivity index (χ4n) is 3.96. The first-order valence-electron chi connectivity index (χ1n) is 9.46. The van der Waals surface area contributed by atoms with Crippen LogP contribution in [-0.2, 0) is 0 Å². The largest absolute Gasteiger partial charge is 0.396 e. The molecule has 0 amide bonds. The number of aliphatic hydroxyl groups excluding tert-OH is 1. The molecule has 1 aromatic heterocycles. The van der Waals surface area contributed by atoms with Gasteiger partial charge >= 0.3 is 0 Å². The molecular weight excluding hydrogens is 316 g/mol. The van der Waals surface area contributed by atoms with E-state index in [2.05, 4.69) is 36.9 Å². The van der Waals surface area contributed by atoms with Gasteiger partial charge in [0.05, 0.1) is 0 Å². The van der Waals surface area contributed by atoms with Crippen LogP contribution in [0.2, 0.25) is 0 Å². The molecule has 3 heterocycles. The third kappa shape index (κ3) is 4.40. The van der Waals surface area contributed by atoms with Gasteiger partial charge < -0.3 is 25.1 Å². The molecule has 0 aliphatic carbocycles. The number of aliphatic hydroxyl groups is 1. The highest BCUT2D eigenvalue weighted by Gasteiger charge is 2.35. The number of aryl methyl sites for hydroxylation is 1. The van der Waals surface area contributed by atoms with Crippen LogP contribution in [0.3, 0.4) is 0 Å². The lowest BCUT2D eigenvalue weighted by Gasteiger charge is -2.36. The molecule has 2 N–H and O–H groups in total. The van der Waals surface area contributed by atoms with E-state index in [1.165, 1.54) is 0 Å². The van der Waals surface area contributed by atoms with Crippen LogP contribution < -0.4 is 10.2 Å². The molecule has 2 atom stereocenters. The molecule has 2 aliphatic heterocycles. The second-order valence-electron chi connectivity index (χ2n) is 7.29. The summed E-state index contributed by atoms with van der Waals surface area (Å²) < 4.78 is 0. The predicted molar refractivity (Wildman–Crippen MR) is 101 cm³/mol. The van der Waals surface area contributed by atoms with Crippen molar-refractivity contribution >= 4 is 11.8 Å². The van der Waals surface area contributed by atoms with Crippen molar-refractivity contribution in [1.82, 2.24) is 19.8 Å². The maximum Gasteiger partial charge on any atom is 0.227 e. The first-order valence-corrected chi connectivity index (χ1v) is 9.46. The molecule has 2 fully saturated rings. The van der Waals surface area contributed by atoms with Crippen LogP contribution in [0.4, 0.5) is 11.8 Å².